The lowest BCUT2D eigenvalue weighted by molar-refractivity contribution is 0.142. The number of nitrogens with zero attached hydrogens (tertiary/aromatic N) is 5. The third-order valence-electron chi connectivity index (χ3n) is 4.62. The number of hydrogen-bond donors (Lipinski definition) is 2. The van der Waals surface area contributed by atoms with E-state index < -0.39 is 18.2 Å². The van der Waals surface area contributed by atoms with Crippen molar-refractivity contribution >= 4 is 29.5 Å². The van der Waals surface area contributed by atoms with Gasteiger partial charge in [0.05, 0.1) is 12.1 Å². The average molecular weight is 431 g/mol. The van der Waals surface area contributed by atoms with Crippen molar-refractivity contribution in [1.29, 1.82) is 0 Å². The molecule has 1 fully saturated rings. The first-order valence-corrected chi connectivity index (χ1v) is 9.63. The van der Waals surface area contributed by atoms with Crippen molar-refractivity contribution in [1.82, 2.24) is 20.1 Å². The molecule has 0 spiro atoms. The highest BCUT2D eigenvalue weighted by molar-refractivity contribution is 6.30. The van der Waals surface area contributed by atoms with Gasteiger partial charge in [0.25, 0.3) is 5.89 Å². The first kappa shape index (κ1) is 20.0. The molecule has 0 unspecified atom stereocenters. The maximum Gasteiger partial charge on any atom is 0.416 e. The third-order valence-corrected chi connectivity index (χ3v) is 4.87. The molecule has 0 aliphatic carbocycles. The Kier molecular flexibility index (Phi) is 5.51. The molecule has 1 aliphatic rings. The molecule has 3 aromatic rings. The topological polar surface area (TPSA) is 127 Å². The summed E-state index contributed by atoms with van der Waals surface area (Å²) in [5, 5.41) is 17.6. The van der Waals surface area contributed by atoms with Crippen molar-refractivity contribution < 1.29 is 19.2 Å². The fourth-order valence-electron chi connectivity index (χ4n) is 2.99. The van der Waals surface area contributed by atoms with E-state index in [-0.39, 0.29) is 18.6 Å². The first-order valence-electron chi connectivity index (χ1n) is 9.25. The van der Waals surface area contributed by atoms with Gasteiger partial charge in [-0.05, 0) is 44.2 Å². The van der Waals surface area contributed by atoms with Gasteiger partial charge in [0.1, 0.15) is 18.5 Å². The van der Waals surface area contributed by atoms with Gasteiger partial charge in [-0.3, -0.25) is 4.90 Å². The zero-order valence-corrected chi connectivity index (χ0v) is 16.9. The van der Waals surface area contributed by atoms with E-state index in [2.05, 4.69) is 25.4 Å². The molecule has 156 valence electrons. The number of aliphatic hydroxyl groups is 1. The zero-order chi connectivity index (χ0) is 21.3. The Morgan fingerprint density at radius 1 is 1.23 bits per heavy atom. The van der Waals surface area contributed by atoms with Crippen molar-refractivity contribution in [3.05, 3.63) is 47.4 Å². The number of rotatable bonds is 6. The van der Waals surface area contributed by atoms with Gasteiger partial charge in [-0.15, -0.1) is 0 Å². The molecule has 1 amide bonds. The molecule has 30 heavy (non-hydrogen) atoms. The summed E-state index contributed by atoms with van der Waals surface area (Å²) in [6.45, 7) is 3.52. The molecular weight excluding hydrogens is 412 g/mol. The van der Waals surface area contributed by atoms with E-state index in [9.17, 15) is 9.90 Å². The Balaban J connectivity index is 1.50. The SMILES string of the molecule is C[C@H](Nc1nccc(N2C(=O)OC[C@@H]2[C@@H](C)O)n1)c1noc(-c2ccc(Cl)cc2)n1. The quantitative estimate of drug-likeness (QED) is 0.606. The normalized spacial score (nSPS) is 18.2. The highest BCUT2D eigenvalue weighted by Gasteiger charge is 2.38. The van der Waals surface area contributed by atoms with Crippen molar-refractivity contribution in [3.8, 4) is 11.5 Å². The van der Waals surface area contributed by atoms with Crippen molar-refractivity contribution in [2.75, 3.05) is 16.8 Å². The summed E-state index contributed by atoms with van der Waals surface area (Å²) >= 11 is 5.90. The van der Waals surface area contributed by atoms with Gasteiger partial charge in [0.2, 0.25) is 5.95 Å². The number of anilines is 2. The second-order valence-electron chi connectivity index (χ2n) is 6.82. The van der Waals surface area contributed by atoms with Crippen LogP contribution in [0, 0.1) is 0 Å². The average Bonchev–Trinajstić information content (AvgIpc) is 3.36. The predicted octanol–water partition coefficient (Wildman–Crippen LogP) is 3.06. The van der Waals surface area contributed by atoms with Crippen LogP contribution in [0.15, 0.2) is 41.1 Å². The smallest absolute Gasteiger partial charge is 0.416 e. The number of carbonyl (C=O) groups excluding carboxylic acids is 1. The molecule has 2 aromatic heterocycles. The van der Waals surface area contributed by atoms with Crippen LogP contribution >= 0.6 is 11.6 Å². The number of hydrogen-bond acceptors (Lipinski definition) is 9. The number of carbonyl (C=O) groups is 1. The maximum absolute atomic E-state index is 12.1. The van der Waals surface area contributed by atoms with Crippen molar-refractivity contribution in [3.63, 3.8) is 0 Å². The van der Waals surface area contributed by atoms with Crippen LogP contribution in [-0.4, -0.2) is 50.1 Å². The van der Waals surface area contributed by atoms with Crippen LogP contribution in [0.4, 0.5) is 16.6 Å². The van der Waals surface area contributed by atoms with Gasteiger partial charge in [0.15, 0.2) is 5.82 Å². The van der Waals surface area contributed by atoms with Gasteiger partial charge in [-0.1, -0.05) is 16.8 Å². The Morgan fingerprint density at radius 2 is 2.00 bits per heavy atom. The summed E-state index contributed by atoms with van der Waals surface area (Å²) in [7, 11) is 0. The second-order valence-corrected chi connectivity index (χ2v) is 7.26. The van der Waals surface area contributed by atoms with Crippen LogP contribution in [-0.2, 0) is 4.74 Å². The van der Waals surface area contributed by atoms with Gasteiger partial charge in [-0.25, -0.2) is 9.78 Å². The monoisotopic (exact) mass is 430 g/mol. The van der Waals surface area contributed by atoms with E-state index in [0.29, 0.717) is 22.6 Å². The Labute approximate surface area is 176 Å². The summed E-state index contributed by atoms with van der Waals surface area (Å²) in [4.78, 5) is 26.3. The van der Waals surface area contributed by atoms with Crippen molar-refractivity contribution in [2.24, 2.45) is 0 Å². The maximum atomic E-state index is 12.1. The van der Waals surface area contributed by atoms with Gasteiger partial charge < -0.3 is 19.7 Å². The van der Waals surface area contributed by atoms with E-state index in [4.69, 9.17) is 20.9 Å². The molecule has 4 rings (SSSR count). The van der Waals surface area contributed by atoms with Crippen LogP contribution in [0.1, 0.15) is 25.7 Å². The zero-order valence-electron chi connectivity index (χ0n) is 16.2. The number of aromatic nitrogens is 4. The van der Waals surface area contributed by atoms with Crippen LogP contribution in [0.3, 0.4) is 0 Å². The minimum Gasteiger partial charge on any atom is -0.447 e. The molecule has 1 aliphatic heterocycles. The third kappa shape index (κ3) is 4.05. The lowest BCUT2D eigenvalue weighted by Gasteiger charge is -2.22. The van der Waals surface area contributed by atoms with Crippen LogP contribution in [0.2, 0.25) is 5.02 Å². The number of benzene rings is 1. The molecule has 0 radical (unpaired) electrons. The number of aliphatic hydroxyl groups excluding tert-OH is 1. The lowest BCUT2D eigenvalue weighted by Crippen LogP contribution is -2.41. The van der Waals surface area contributed by atoms with Gasteiger partial charge >= 0.3 is 6.09 Å². The number of ether oxygens (including phenoxy) is 1. The van der Waals surface area contributed by atoms with E-state index in [0.717, 1.165) is 5.56 Å². The predicted molar refractivity (Wildman–Crippen MR) is 108 cm³/mol. The number of amides is 1. The summed E-state index contributed by atoms with van der Waals surface area (Å²) < 4.78 is 10.4. The molecule has 3 atom stereocenters. The molecule has 1 saturated heterocycles. The second kappa shape index (κ2) is 8.25. The molecule has 11 heteroatoms. The number of halogens is 1. The van der Waals surface area contributed by atoms with E-state index in [1.165, 1.54) is 11.1 Å². The molecule has 0 bridgehead atoms. The minimum absolute atomic E-state index is 0.0933. The Bertz CT molecular complexity index is 1040. The van der Waals surface area contributed by atoms with Gasteiger partial charge in [-0.2, -0.15) is 9.97 Å². The summed E-state index contributed by atoms with van der Waals surface area (Å²) in [6.07, 6.45) is 0.175. The van der Waals surface area contributed by atoms with E-state index >= 15 is 0 Å². The number of cyclic esters (lactones) is 1. The number of nitrogens with one attached hydrogen (secondary N) is 1. The molecule has 1 aromatic carbocycles. The molecule has 0 saturated carbocycles. The highest BCUT2D eigenvalue weighted by atomic mass is 35.5. The largest absolute Gasteiger partial charge is 0.447 e. The molecular formula is C19H19ClN6O4. The standard InChI is InChI=1S/C19H19ClN6O4/c1-10(16-24-17(30-25-16)12-3-5-13(20)6-4-12)22-18-21-8-7-15(23-18)26-14(11(2)27)9-29-19(26)28/h3-8,10-11,14,27H,9H2,1-2H3,(H,21,22,23)/t10-,11+,14+/m0/s1. The van der Waals surface area contributed by atoms with Crippen LogP contribution < -0.4 is 10.2 Å². The first-order chi connectivity index (χ1) is 14.4. The fraction of sp³-hybridized carbons (Fsp3) is 0.316. The van der Waals surface area contributed by atoms with Crippen molar-refractivity contribution in [2.45, 2.75) is 32.0 Å². The summed E-state index contributed by atoms with van der Waals surface area (Å²) in [6, 6.07) is 7.75. The molecule has 3 heterocycles. The lowest BCUT2D eigenvalue weighted by atomic mass is 10.2. The Hall–Kier alpha value is -3.24. The highest BCUT2D eigenvalue weighted by Crippen LogP contribution is 2.25. The Morgan fingerprint density at radius 3 is 2.73 bits per heavy atom. The summed E-state index contributed by atoms with van der Waals surface area (Å²) in [5.74, 6) is 1.37. The fourth-order valence-corrected chi connectivity index (χ4v) is 3.11. The van der Waals surface area contributed by atoms with E-state index in [1.807, 2.05) is 6.92 Å². The molecule has 2 N–H and O–H groups in total. The minimum atomic E-state index is -0.771. The molecule has 10 nitrogen and oxygen atoms in total. The van der Waals surface area contributed by atoms with Crippen LogP contribution in [0.25, 0.3) is 11.5 Å². The van der Waals surface area contributed by atoms with E-state index in [1.54, 1.807) is 37.3 Å². The van der Waals surface area contributed by atoms with Crippen LogP contribution in [0.5, 0.6) is 0 Å². The van der Waals surface area contributed by atoms with Gasteiger partial charge in [0, 0.05) is 16.8 Å². The summed E-state index contributed by atoms with van der Waals surface area (Å²) in [5.41, 5.74) is 0.750.